The van der Waals surface area contributed by atoms with Gasteiger partial charge in [0.25, 0.3) is 5.79 Å². The maximum absolute atomic E-state index is 12.4. The molecule has 1 aliphatic carbocycles. The molecule has 5 heterocycles. The van der Waals surface area contributed by atoms with Gasteiger partial charge in [0, 0.05) is 32.8 Å². The molecule has 0 bridgehead atoms. The number of nitriles is 1. The van der Waals surface area contributed by atoms with Crippen LogP contribution in [0.2, 0.25) is 5.02 Å². The zero-order chi connectivity index (χ0) is 31.6. The largest absolute Gasteiger partial charge is 0.465 e. The number of hydrogen-bond donors (Lipinski definition) is 0. The molecule has 3 fully saturated rings. The number of benzene rings is 2. The van der Waals surface area contributed by atoms with Gasteiger partial charge >= 0.3 is 5.97 Å². The number of aromatic nitrogens is 3. The molecule has 12 heteroatoms. The van der Waals surface area contributed by atoms with Gasteiger partial charge < -0.3 is 28.4 Å². The average Bonchev–Trinajstić information content (AvgIpc) is 3.34. The molecular formula is C34H33ClN6O5. The lowest BCUT2D eigenvalue weighted by Gasteiger charge is -2.44. The number of nitrogens with zero attached hydrogens (tertiary/aromatic N) is 6. The summed E-state index contributed by atoms with van der Waals surface area (Å²) in [5.74, 6) is 0.759. The lowest BCUT2D eigenvalue weighted by Crippen LogP contribution is -2.59. The summed E-state index contributed by atoms with van der Waals surface area (Å²) in [6.45, 7) is 5.69. The van der Waals surface area contributed by atoms with Gasteiger partial charge in [0.05, 0.1) is 77.7 Å². The molecule has 4 aliphatic rings. The molecular weight excluding hydrogens is 608 g/mol. The molecule has 2 aromatic heterocycles. The predicted molar refractivity (Wildman–Crippen MR) is 169 cm³/mol. The van der Waals surface area contributed by atoms with Crippen molar-refractivity contribution in [2.75, 3.05) is 38.3 Å². The first-order valence-corrected chi connectivity index (χ1v) is 15.9. The molecule has 236 valence electrons. The number of halogens is 1. The second-order valence-electron chi connectivity index (χ2n) is 12.7. The van der Waals surface area contributed by atoms with Crippen LogP contribution in [0.1, 0.15) is 41.6 Å². The first kappa shape index (κ1) is 29.1. The van der Waals surface area contributed by atoms with Crippen LogP contribution in [0.15, 0.2) is 54.7 Å². The number of carbonyl (C=O) groups excluding carboxylic acids is 1. The molecule has 0 radical (unpaired) electrons. The number of imidazole rings is 1. The molecule has 3 aliphatic heterocycles. The van der Waals surface area contributed by atoms with Crippen molar-refractivity contribution in [3.63, 3.8) is 0 Å². The number of hydrogen-bond acceptors (Lipinski definition) is 10. The van der Waals surface area contributed by atoms with E-state index in [1.54, 1.807) is 18.3 Å². The lowest BCUT2D eigenvalue weighted by atomic mass is 10.0. The Hall–Kier alpha value is -4.37. The highest BCUT2D eigenvalue weighted by molar-refractivity contribution is 6.30. The summed E-state index contributed by atoms with van der Waals surface area (Å²) >= 11 is 6.08. The Balaban J connectivity index is 1.08. The van der Waals surface area contributed by atoms with Crippen molar-refractivity contribution in [1.29, 1.82) is 5.26 Å². The van der Waals surface area contributed by atoms with Crippen LogP contribution < -0.4 is 14.4 Å². The van der Waals surface area contributed by atoms with Crippen molar-refractivity contribution in [1.82, 2.24) is 19.4 Å². The van der Waals surface area contributed by atoms with Gasteiger partial charge in [-0.1, -0.05) is 17.7 Å². The van der Waals surface area contributed by atoms with Gasteiger partial charge in [0.2, 0.25) is 0 Å². The van der Waals surface area contributed by atoms with Gasteiger partial charge in [-0.05, 0) is 55.3 Å². The minimum absolute atomic E-state index is 0.0852. The van der Waals surface area contributed by atoms with Crippen molar-refractivity contribution in [2.24, 2.45) is 5.41 Å². The van der Waals surface area contributed by atoms with E-state index >= 15 is 0 Å². The van der Waals surface area contributed by atoms with Crippen LogP contribution in [0.3, 0.4) is 0 Å². The normalized spacial score (nSPS) is 24.5. The van der Waals surface area contributed by atoms with Crippen LogP contribution in [0, 0.1) is 16.7 Å². The van der Waals surface area contributed by atoms with Crippen molar-refractivity contribution in [3.05, 3.63) is 76.8 Å². The van der Waals surface area contributed by atoms with E-state index in [0.29, 0.717) is 54.1 Å². The van der Waals surface area contributed by atoms with Gasteiger partial charge in [0.1, 0.15) is 11.5 Å². The van der Waals surface area contributed by atoms with Crippen LogP contribution in [-0.4, -0.2) is 70.9 Å². The first-order chi connectivity index (χ1) is 22.3. The summed E-state index contributed by atoms with van der Waals surface area (Å²) in [6.07, 6.45) is 3.31. The Morgan fingerprint density at radius 2 is 1.98 bits per heavy atom. The summed E-state index contributed by atoms with van der Waals surface area (Å²) in [5.41, 5.74) is 3.30. The van der Waals surface area contributed by atoms with E-state index in [1.807, 2.05) is 37.3 Å². The van der Waals surface area contributed by atoms with E-state index in [2.05, 4.69) is 31.5 Å². The molecule has 0 N–H and O–H groups in total. The fraction of sp³-hybridized carbons (Fsp3) is 0.412. The number of rotatable bonds is 7. The number of methoxy groups -OCH3 is 1. The summed E-state index contributed by atoms with van der Waals surface area (Å²) in [4.78, 5) is 26.6. The molecule has 4 aromatic rings. The van der Waals surface area contributed by atoms with Gasteiger partial charge in [0.15, 0.2) is 11.5 Å². The van der Waals surface area contributed by atoms with E-state index in [9.17, 15) is 10.1 Å². The second kappa shape index (κ2) is 10.9. The Kier molecular flexibility index (Phi) is 6.86. The van der Waals surface area contributed by atoms with Gasteiger partial charge in [-0.25, -0.2) is 9.78 Å². The van der Waals surface area contributed by atoms with Gasteiger partial charge in [-0.15, -0.1) is 0 Å². The molecule has 0 amide bonds. The van der Waals surface area contributed by atoms with Crippen molar-refractivity contribution in [3.8, 4) is 17.6 Å². The summed E-state index contributed by atoms with van der Waals surface area (Å²) in [5, 5.41) is 10.5. The van der Waals surface area contributed by atoms with Crippen molar-refractivity contribution in [2.45, 2.75) is 50.7 Å². The highest BCUT2D eigenvalue weighted by Gasteiger charge is 2.47. The Labute approximate surface area is 271 Å². The summed E-state index contributed by atoms with van der Waals surface area (Å²) < 4.78 is 26.1. The maximum atomic E-state index is 12.4. The van der Waals surface area contributed by atoms with Crippen LogP contribution >= 0.6 is 11.6 Å². The molecule has 1 saturated carbocycles. The molecule has 8 rings (SSSR count). The van der Waals surface area contributed by atoms with Crippen LogP contribution in [0.25, 0.3) is 11.0 Å². The number of anilines is 1. The molecule has 0 spiro atoms. The van der Waals surface area contributed by atoms with Crippen molar-refractivity contribution >= 4 is 34.3 Å². The van der Waals surface area contributed by atoms with E-state index < -0.39 is 17.2 Å². The molecule has 2 saturated heterocycles. The maximum Gasteiger partial charge on any atom is 0.337 e. The number of ether oxygens (including phenoxy) is 4. The fourth-order valence-corrected chi connectivity index (χ4v) is 7.10. The summed E-state index contributed by atoms with van der Waals surface area (Å²) in [7, 11) is 1.38. The third kappa shape index (κ3) is 4.83. The van der Waals surface area contributed by atoms with E-state index in [4.69, 9.17) is 35.5 Å². The molecule has 11 nitrogen and oxygen atoms in total. The number of para-hydroxylation sites is 1. The fourth-order valence-electron chi connectivity index (χ4n) is 6.98. The highest BCUT2D eigenvalue weighted by Crippen LogP contribution is 2.50. The number of piperazine rings is 1. The second-order valence-corrected chi connectivity index (χ2v) is 13.1. The Bertz CT molecular complexity index is 1890. The van der Waals surface area contributed by atoms with Gasteiger partial charge in [-0.3, -0.25) is 9.88 Å². The van der Waals surface area contributed by atoms with Crippen LogP contribution in [0.4, 0.5) is 5.69 Å². The van der Waals surface area contributed by atoms with E-state index in [0.717, 1.165) is 48.5 Å². The molecule has 1 unspecified atom stereocenters. The van der Waals surface area contributed by atoms with Gasteiger partial charge in [-0.2, -0.15) is 5.26 Å². The number of pyridine rings is 1. The topological polar surface area (TPSA) is 115 Å². The molecule has 3 atom stereocenters. The third-order valence-corrected chi connectivity index (χ3v) is 9.95. The van der Waals surface area contributed by atoms with Crippen molar-refractivity contribution < 1.29 is 23.7 Å². The first-order valence-electron chi connectivity index (χ1n) is 15.5. The minimum atomic E-state index is -1.08. The standard InChI is InChI=1S/C34H33ClN6O5/c1-33(29-9-7-22(35)15-37-29)45-28-5-3-4-24(31(28)46-33)40-13-12-39(26-17-44-18-27(26)40)16-30-38-23-8-6-21(32(42)43-2)14-25(23)41(30)20-34(19-36)10-11-34/h3-9,14-15,26-27H,10-13,16-18,20H2,1-2H3/t26-,27+,33?/m1/s1. The minimum Gasteiger partial charge on any atom is -0.465 e. The average molecular weight is 641 g/mol. The van der Waals surface area contributed by atoms with Crippen LogP contribution in [-0.2, 0) is 28.4 Å². The third-order valence-electron chi connectivity index (χ3n) is 9.72. The van der Waals surface area contributed by atoms with E-state index in [1.165, 1.54) is 7.11 Å². The lowest BCUT2D eigenvalue weighted by molar-refractivity contribution is -0.0716. The number of esters is 1. The SMILES string of the molecule is COC(=O)c1ccc2nc(CN3CCN(c4cccc5c4OC(C)(c4ccc(Cl)cn4)O5)[C@H]4COC[C@H]43)n(CC3(C#N)CC3)c2c1. The quantitative estimate of drug-likeness (QED) is 0.258. The zero-order valence-corrected chi connectivity index (χ0v) is 26.4. The van der Waals surface area contributed by atoms with E-state index in [-0.39, 0.29) is 12.1 Å². The number of carbonyl (C=O) groups is 1. The van der Waals surface area contributed by atoms with Crippen LogP contribution in [0.5, 0.6) is 11.5 Å². The molecule has 2 aromatic carbocycles. The smallest absolute Gasteiger partial charge is 0.337 e. The monoisotopic (exact) mass is 640 g/mol. The predicted octanol–water partition coefficient (Wildman–Crippen LogP) is 4.91. The zero-order valence-electron chi connectivity index (χ0n) is 25.6. The summed E-state index contributed by atoms with van der Waals surface area (Å²) in [6, 6.07) is 17.7. The number of fused-ring (bicyclic) bond motifs is 3. The highest BCUT2D eigenvalue weighted by atomic mass is 35.5. The molecule has 46 heavy (non-hydrogen) atoms. The Morgan fingerprint density at radius 3 is 2.74 bits per heavy atom. The Morgan fingerprint density at radius 1 is 1.13 bits per heavy atom.